The van der Waals surface area contributed by atoms with Gasteiger partial charge in [0.05, 0.1) is 18.9 Å². The molecular weight excluding hydrogens is 396 g/mol. The van der Waals surface area contributed by atoms with Crippen molar-refractivity contribution in [2.24, 2.45) is 0 Å². The molecule has 1 aromatic heterocycles. The second kappa shape index (κ2) is 7.77. The number of halogens is 3. The van der Waals surface area contributed by atoms with Crippen molar-refractivity contribution in [2.75, 3.05) is 12.4 Å². The summed E-state index contributed by atoms with van der Waals surface area (Å²) in [5, 5.41) is 7.34. The van der Waals surface area contributed by atoms with Crippen LogP contribution in [0.3, 0.4) is 0 Å². The van der Waals surface area contributed by atoms with Crippen LogP contribution in [0.4, 0.5) is 10.1 Å². The molecule has 0 aliphatic heterocycles. The van der Waals surface area contributed by atoms with Crippen molar-refractivity contribution >= 4 is 34.8 Å². The van der Waals surface area contributed by atoms with E-state index in [9.17, 15) is 14.0 Å². The Morgan fingerprint density at radius 3 is 2.33 bits per heavy atom. The Labute approximate surface area is 163 Å². The van der Waals surface area contributed by atoms with Gasteiger partial charge in [0.25, 0.3) is 11.5 Å². The number of amides is 1. The summed E-state index contributed by atoms with van der Waals surface area (Å²) in [6.07, 6.45) is 0. The number of methoxy groups -OCH3 is 1. The minimum absolute atomic E-state index is 0.0102. The lowest BCUT2D eigenvalue weighted by Crippen LogP contribution is -2.26. The Hall–Kier alpha value is -2.90. The molecule has 2 aromatic carbocycles. The third-order valence-corrected chi connectivity index (χ3v) is 3.96. The molecule has 1 amide bonds. The average Bonchev–Trinajstić information content (AvgIpc) is 2.61. The molecule has 0 atom stereocenters. The van der Waals surface area contributed by atoms with E-state index in [1.165, 1.54) is 49.6 Å². The topological polar surface area (TPSA) is 73.2 Å². The zero-order valence-electron chi connectivity index (χ0n) is 13.9. The van der Waals surface area contributed by atoms with Gasteiger partial charge in [-0.3, -0.25) is 9.59 Å². The van der Waals surface area contributed by atoms with Crippen LogP contribution in [0.1, 0.15) is 10.5 Å². The SMILES string of the molecule is COc1cc(=O)n(-c2ccc(F)cc2)nc1C(=O)Nc1cc(Cl)cc(Cl)c1. The van der Waals surface area contributed by atoms with E-state index in [0.29, 0.717) is 21.4 Å². The normalized spacial score (nSPS) is 10.5. The third-order valence-electron chi connectivity index (χ3n) is 3.52. The van der Waals surface area contributed by atoms with Gasteiger partial charge < -0.3 is 10.1 Å². The molecule has 138 valence electrons. The highest BCUT2D eigenvalue weighted by Crippen LogP contribution is 2.24. The lowest BCUT2D eigenvalue weighted by Gasteiger charge is -2.12. The fourth-order valence-electron chi connectivity index (χ4n) is 2.34. The van der Waals surface area contributed by atoms with Crippen LogP contribution in [-0.4, -0.2) is 22.8 Å². The van der Waals surface area contributed by atoms with Crippen molar-refractivity contribution in [1.82, 2.24) is 9.78 Å². The summed E-state index contributed by atoms with van der Waals surface area (Å²) < 4.78 is 19.2. The van der Waals surface area contributed by atoms with E-state index >= 15 is 0 Å². The van der Waals surface area contributed by atoms with Gasteiger partial charge in [0.2, 0.25) is 0 Å². The van der Waals surface area contributed by atoms with Crippen LogP contribution in [-0.2, 0) is 0 Å². The Balaban J connectivity index is 2.02. The number of anilines is 1. The molecular formula is C18H12Cl2FN3O3. The molecule has 0 aliphatic carbocycles. The van der Waals surface area contributed by atoms with Crippen LogP contribution in [0.5, 0.6) is 5.75 Å². The zero-order valence-corrected chi connectivity index (χ0v) is 15.4. The predicted octanol–water partition coefficient (Wildman–Crippen LogP) is 3.94. The van der Waals surface area contributed by atoms with E-state index in [-0.39, 0.29) is 11.4 Å². The third kappa shape index (κ3) is 4.27. The van der Waals surface area contributed by atoms with Crippen molar-refractivity contribution < 1.29 is 13.9 Å². The number of rotatable bonds is 4. The molecule has 3 aromatic rings. The van der Waals surface area contributed by atoms with E-state index in [4.69, 9.17) is 27.9 Å². The zero-order chi connectivity index (χ0) is 19.6. The Bertz CT molecular complexity index is 1050. The van der Waals surface area contributed by atoms with Gasteiger partial charge in [-0.2, -0.15) is 9.78 Å². The van der Waals surface area contributed by atoms with Crippen LogP contribution in [0, 0.1) is 5.82 Å². The van der Waals surface area contributed by atoms with E-state index in [1.807, 2.05) is 0 Å². The number of ether oxygens (including phenoxy) is 1. The summed E-state index contributed by atoms with van der Waals surface area (Å²) in [5.41, 5.74) is -0.0388. The van der Waals surface area contributed by atoms with Crippen molar-refractivity contribution in [3.63, 3.8) is 0 Å². The predicted molar refractivity (Wildman–Crippen MR) is 101 cm³/mol. The molecule has 1 heterocycles. The quantitative estimate of drug-likeness (QED) is 0.710. The van der Waals surface area contributed by atoms with Gasteiger partial charge >= 0.3 is 0 Å². The maximum Gasteiger partial charge on any atom is 0.280 e. The van der Waals surface area contributed by atoms with Gasteiger partial charge in [-0.1, -0.05) is 23.2 Å². The van der Waals surface area contributed by atoms with Crippen LogP contribution >= 0.6 is 23.2 Å². The maximum atomic E-state index is 13.1. The Kier molecular flexibility index (Phi) is 5.43. The molecule has 0 saturated heterocycles. The molecule has 0 fully saturated rings. The largest absolute Gasteiger partial charge is 0.494 e. The summed E-state index contributed by atoms with van der Waals surface area (Å²) in [6.45, 7) is 0. The van der Waals surface area contributed by atoms with E-state index in [0.717, 1.165) is 10.7 Å². The minimum atomic E-state index is -0.638. The second-order valence-electron chi connectivity index (χ2n) is 5.40. The number of hydrogen-bond acceptors (Lipinski definition) is 4. The highest BCUT2D eigenvalue weighted by molar-refractivity contribution is 6.35. The van der Waals surface area contributed by atoms with Gasteiger partial charge in [-0.05, 0) is 42.5 Å². The summed E-state index contributed by atoms with van der Waals surface area (Å²) >= 11 is 11.8. The van der Waals surface area contributed by atoms with Crippen molar-refractivity contribution in [3.8, 4) is 11.4 Å². The summed E-state index contributed by atoms with van der Waals surface area (Å²) in [5.74, 6) is -1.11. The summed E-state index contributed by atoms with van der Waals surface area (Å²) in [7, 11) is 1.31. The lowest BCUT2D eigenvalue weighted by molar-refractivity contribution is 0.101. The van der Waals surface area contributed by atoms with Gasteiger partial charge in [-0.25, -0.2) is 4.39 Å². The number of carbonyl (C=O) groups excluding carboxylic acids is 1. The Morgan fingerprint density at radius 1 is 1.11 bits per heavy atom. The first-order valence-electron chi connectivity index (χ1n) is 7.59. The number of benzene rings is 2. The molecule has 3 rings (SSSR count). The van der Waals surface area contributed by atoms with Gasteiger partial charge in [0, 0.05) is 15.7 Å². The van der Waals surface area contributed by atoms with Crippen LogP contribution in [0.15, 0.2) is 53.3 Å². The second-order valence-corrected chi connectivity index (χ2v) is 6.27. The number of carbonyl (C=O) groups is 1. The maximum absolute atomic E-state index is 13.1. The molecule has 0 bridgehead atoms. The molecule has 0 unspecified atom stereocenters. The lowest BCUT2D eigenvalue weighted by atomic mass is 10.2. The van der Waals surface area contributed by atoms with Gasteiger partial charge in [0.1, 0.15) is 5.82 Å². The molecule has 1 N–H and O–H groups in total. The van der Waals surface area contributed by atoms with E-state index in [2.05, 4.69) is 10.4 Å². The first kappa shape index (κ1) is 18.9. The fraction of sp³-hybridized carbons (Fsp3) is 0.0556. The average molecular weight is 408 g/mol. The summed E-state index contributed by atoms with van der Waals surface area (Å²) in [4.78, 5) is 24.9. The molecule has 0 aliphatic rings. The first-order chi connectivity index (χ1) is 12.9. The molecule has 0 spiro atoms. The molecule has 9 heteroatoms. The highest BCUT2D eigenvalue weighted by atomic mass is 35.5. The van der Waals surface area contributed by atoms with E-state index in [1.54, 1.807) is 0 Å². The molecule has 0 saturated carbocycles. The van der Waals surface area contributed by atoms with Crippen LogP contribution in [0.2, 0.25) is 10.0 Å². The van der Waals surface area contributed by atoms with Crippen LogP contribution < -0.4 is 15.6 Å². The van der Waals surface area contributed by atoms with Crippen LogP contribution in [0.25, 0.3) is 5.69 Å². The first-order valence-corrected chi connectivity index (χ1v) is 8.35. The minimum Gasteiger partial charge on any atom is -0.494 e. The monoisotopic (exact) mass is 407 g/mol. The standard InChI is InChI=1S/C18H12Cl2FN3O3/c1-27-15-9-16(25)24(14-4-2-12(21)3-5-14)23-17(15)18(26)22-13-7-10(19)6-11(20)8-13/h2-9H,1H3,(H,22,26). The number of nitrogens with one attached hydrogen (secondary N) is 1. The highest BCUT2D eigenvalue weighted by Gasteiger charge is 2.18. The molecule has 27 heavy (non-hydrogen) atoms. The summed E-state index contributed by atoms with van der Waals surface area (Å²) in [6, 6.07) is 10.8. The van der Waals surface area contributed by atoms with Crippen molar-refractivity contribution in [2.45, 2.75) is 0 Å². The molecule has 6 nitrogen and oxygen atoms in total. The molecule has 0 radical (unpaired) electrons. The number of aromatic nitrogens is 2. The smallest absolute Gasteiger partial charge is 0.280 e. The number of hydrogen-bond donors (Lipinski definition) is 1. The van der Waals surface area contributed by atoms with Crippen molar-refractivity contribution in [1.29, 1.82) is 0 Å². The number of nitrogens with zero attached hydrogens (tertiary/aromatic N) is 2. The Morgan fingerprint density at radius 2 is 1.74 bits per heavy atom. The fourth-order valence-corrected chi connectivity index (χ4v) is 2.86. The van der Waals surface area contributed by atoms with E-state index < -0.39 is 17.3 Å². The van der Waals surface area contributed by atoms with Gasteiger partial charge in [0.15, 0.2) is 11.4 Å². The van der Waals surface area contributed by atoms with Gasteiger partial charge in [-0.15, -0.1) is 0 Å². The van der Waals surface area contributed by atoms with Crippen molar-refractivity contribution in [3.05, 3.63) is 80.4 Å².